The Hall–Kier alpha value is -2.81. The summed E-state index contributed by atoms with van der Waals surface area (Å²) in [5, 5.41) is 1.83. The summed E-state index contributed by atoms with van der Waals surface area (Å²) in [6.45, 7) is 3.01. The standard InChI is InChI=1S/C21H19FO2/c1-2-3-12-23-20-9-4-16(5-10-20)15-24-21-11-7-17-13-19(22)8-6-18(17)14-21/h2-11,13-14H,12,15H2,1H3. The minimum atomic E-state index is -0.229. The van der Waals surface area contributed by atoms with Gasteiger partial charge in [-0.25, -0.2) is 4.39 Å². The first-order chi connectivity index (χ1) is 11.7. The van der Waals surface area contributed by atoms with E-state index in [9.17, 15) is 4.39 Å². The van der Waals surface area contributed by atoms with Gasteiger partial charge in [0.2, 0.25) is 0 Å². The number of hydrogen-bond acceptors (Lipinski definition) is 2. The van der Waals surface area contributed by atoms with Crippen molar-refractivity contribution in [3.05, 3.63) is 84.2 Å². The molecule has 0 aromatic heterocycles. The van der Waals surface area contributed by atoms with Gasteiger partial charge in [-0.3, -0.25) is 0 Å². The van der Waals surface area contributed by atoms with Crippen LogP contribution in [-0.4, -0.2) is 6.61 Å². The number of rotatable bonds is 6. The highest BCUT2D eigenvalue weighted by molar-refractivity contribution is 5.83. The van der Waals surface area contributed by atoms with E-state index in [2.05, 4.69) is 0 Å². The average molecular weight is 322 g/mol. The molecule has 0 aliphatic carbocycles. The Bertz CT molecular complexity index is 838. The normalized spacial score (nSPS) is 11.1. The van der Waals surface area contributed by atoms with Crippen LogP contribution < -0.4 is 9.47 Å². The first-order valence-corrected chi connectivity index (χ1v) is 7.89. The Kier molecular flexibility index (Phi) is 5.12. The Morgan fingerprint density at radius 1 is 0.833 bits per heavy atom. The van der Waals surface area contributed by atoms with Crippen LogP contribution in [-0.2, 0) is 6.61 Å². The predicted octanol–water partition coefficient (Wildman–Crippen LogP) is 5.51. The third-order valence-electron chi connectivity index (χ3n) is 3.68. The molecule has 24 heavy (non-hydrogen) atoms. The van der Waals surface area contributed by atoms with E-state index >= 15 is 0 Å². The fourth-order valence-corrected chi connectivity index (χ4v) is 2.37. The van der Waals surface area contributed by atoms with Gasteiger partial charge in [-0.2, -0.15) is 0 Å². The van der Waals surface area contributed by atoms with Crippen molar-refractivity contribution in [2.45, 2.75) is 13.5 Å². The van der Waals surface area contributed by atoms with E-state index in [1.54, 1.807) is 6.07 Å². The van der Waals surface area contributed by atoms with Crippen molar-refractivity contribution >= 4 is 10.8 Å². The topological polar surface area (TPSA) is 18.5 Å². The molecule has 0 radical (unpaired) electrons. The van der Waals surface area contributed by atoms with Crippen molar-refractivity contribution < 1.29 is 13.9 Å². The lowest BCUT2D eigenvalue weighted by Gasteiger charge is -2.09. The summed E-state index contributed by atoms with van der Waals surface area (Å²) in [5.74, 6) is 1.38. The van der Waals surface area contributed by atoms with Crippen LogP contribution in [0.1, 0.15) is 12.5 Å². The molecule has 0 saturated carbocycles. The zero-order valence-electron chi connectivity index (χ0n) is 13.5. The molecule has 0 fully saturated rings. The molecule has 0 amide bonds. The molecule has 3 aromatic rings. The van der Waals surface area contributed by atoms with E-state index in [4.69, 9.17) is 9.47 Å². The Labute approximate surface area is 141 Å². The van der Waals surface area contributed by atoms with Crippen LogP contribution in [0, 0.1) is 5.82 Å². The van der Waals surface area contributed by atoms with Crippen molar-refractivity contribution in [3.8, 4) is 11.5 Å². The number of allylic oxidation sites excluding steroid dienone is 1. The molecule has 3 heteroatoms. The molecular formula is C21H19FO2. The zero-order chi connectivity index (χ0) is 16.8. The summed E-state index contributed by atoms with van der Waals surface area (Å²) >= 11 is 0. The van der Waals surface area contributed by atoms with Gasteiger partial charge in [-0.1, -0.05) is 36.4 Å². The monoisotopic (exact) mass is 322 g/mol. The van der Waals surface area contributed by atoms with Gasteiger partial charge in [0, 0.05) is 0 Å². The molecule has 3 aromatic carbocycles. The fourth-order valence-electron chi connectivity index (χ4n) is 2.37. The summed E-state index contributed by atoms with van der Waals surface area (Å²) in [6, 6.07) is 18.2. The van der Waals surface area contributed by atoms with Gasteiger partial charge in [0.25, 0.3) is 0 Å². The predicted molar refractivity (Wildman–Crippen MR) is 95.0 cm³/mol. The summed E-state index contributed by atoms with van der Waals surface area (Å²) in [7, 11) is 0. The molecule has 0 spiro atoms. The second-order valence-corrected chi connectivity index (χ2v) is 5.47. The number of fused-ring (bicyclic) bond motifs is 1. The van der Waals surface area contributed by atoms with Gasteiger partial charge in [-0.05, 0) is 59.7 Å². The summed E-state index contributed by atoms with van der Waals surface area (Å²) in [4.78, 5) is 0. The quantitative estimate of drug-likeness (QED) is 0.557. The summed E-state index contributed by atoms with van der Waals surface area (Å²) in [5.41, 5.74) is 1.06. The van der Waals surface area contributed by atoms with Crippen molar-refractivity contribution in [2.75, 3.05) is 6.61 Å². The first-order valence-electron chi connectivity index (χ1n) is 7.89. The van der Waals surface area contributed by atoms with Crippen LogP contribution >= 0.6 is 0 Å². The van der Waals surface area contributed by atoms with Crippen LogP contribution in [0.2, 0.25) is 0 Å². The molecule has 0 atom stereocenters. The molecule has 3 rings (SSSR count). The van der Waals surface area contributed by atoms with Crippen LogP contribution in [0.15, 0.2) is 72.8 Å². The molecule has 0 saturated heterocycles. The van der Waals surface area contributed by atoms with E-state index in [1.807, 2.05) is 61.5 Å². The molecular weight excluding hydrogens is 303 g/mol. The molecule has 122 valence electrons. The first kappa shape index (κ1) is 16.1. The molecule has 0 heterocycles. The number of ether oxygens (including phenoxy) is 2. The Morgan fingerprint density at radius 3 is 2.33 bits per heavy atom. The molecule has 0 bridgehead atoms. The van der Waals surface area contributed by atoms with E-state index < -0.39 is 0 Å². The van der Waals surface area contributed by atoms with Crippen molar-refractivity contribution in [1.82, 2.24) is 0 Å². The minimum Gasteiger partial charge on any atom is -0.490 e. The van der Waals surface area contributed by atoms with Crippen molar-refractivity contribution in [2.24, 2.45) is 0 Å². The SMILES string of the molecule is CC=CCOc1ccc(COc2ccc3cc(F)ccc3c2)cc1. The molecule has 2 nitrogen and oxygen atoms in total. The van der Waals surface area contributed by atoms with E-state index in [0.717, 1.165) is 27.8 Å². The van der Waals surface area contributed by atoms with Crippen LogP contribution in [0.3, 0.4) is 0 Å². The van der Waals surface area contributed by atoms with Crippen molar-refractivity contribution in [1.29, 1.82) is 0 Å². The van der Waals surface area contributed by atoms with Crippen LogP contribution in [0.5, 0.6) is 11.5 Å². The van der Waals surface area contributed by atoms with E-state index in [1.165, 1.54) is 12.1 Å². The van der Waals surface area contributed by atoms with Crippen LogP contribution in [0.25, 0.3) is 10.8 Å². The second kappa shape index (κ2) is 7.64. The molecule has 0 N–H and O–H groups in total. The molecule has 0 aliphatic heterocycles. The molecule has 0 unspecified atom stereocenters. The third-order valence-corrected chi connectivity index (χ3v) is 3.68. The largest absolute Gasteiger partial charge is 0.490 e. The van der Waals surface area contributed by atoms with Crippen molar-refractivity contribution in [3.63, 3.8) is 0 Å². The summed E-state index contributed by atoms with van der Waals surface area (Å²) < 4.78 is 24.6. The number of benzene rings is 3. The highest BCUT2D eigenvalue weighted by atomic mass is 19.1. The average Bonchev–Trinajstić information content (AvgIpc) is 2.61. The third kappa shape index (κ3) is 4.13. The van der Waals surface area contributed by atoms with Gasteiger partial charge in [0.15, 0.2) is 0 Å². The van der Waals surface area contributed by atoms with E-state index in [-0.39, 0.29) is 5.82 Å². The smallest absolute Gasteiger partial charge is 0.123 e. The lowest BCUT2D eigenvalue weighted by molar-refractivity contribution is 0.306. The second-order valence-electron chi connectivity index (χ2n) is 5.47. The van der Waals surface area contributed by atoms with Gasteiger partial charge in [-0.15, -0.1) is 0 Å². The zero-order valence-corrected chi connectivity index (χ0v) is 13.5. The number of halogens is 1. The number of hydrogen-bond donors (Lipinski definition) is 0. The minimum absolute atomic E-state index is 0.229. The maximum atomic E-state index is 13.2. The molecule has 0 aliphatic rings. The highest BCUT2D eigenvalue weighted by Crippen LogP contribution is 2.23. The van der Waals surface area contributed by atoms with Gasteiger partial charge < -0.3 is 9.47 Å². The summed E-state index contributed by atoms with van der Waals surface area (Å²) in [6.07, 6.45) is 3.92. The lowest BCUT2D eigenvalue weighted by Crippen LogP contribution is -1.97. The Morgan fingerprint density at radius 2 is 1.54 bits per heavy atom. The maximum absolute atomic E-state index is 13.2. The highest BCUT2D eigenvalue weighted by Gasteiger charge is 2.01. The Balaban J connectivity index is 1.61. The lowest BCUT2D eigenvalue weighted by atomic mass is 10.1. The van der Waals surface area contributed by atoms with E-state index in [0.29, 0.717) is 13.2 Å². The maximum Gasteiger partial charge on any atom is 0.123 e. The fraction of sp³-hybridized carbons (Fsp3) is 0.143. The van der Waals surface area contributed by atoms with Gasteiger partial charge in [0.05, 0.1) is 0 Å². The van der Waals surface area contributed by atoms with Crippen LogP contribution in [0.4, 0.5) is 4.39 Å². The van der Waals surface area contributed by atoms with Gasteiger partial charge >= 0.3 is 0 Å². The van der Waals surface area contributed by atoms with Gasteiger partial charge in [0.1, 0.15) is 30.5 Å².